The summed E-state index contributed by atoms with van der Waals surface area (Å²) < 4.78 is 54.0. The lowest BCUT2D eigenvalue weighted by molar-refractivity contribution is -0.360. The zero-order valence-electron chi connectivity index (χ0n) is 28.9. The van der Waals surface area contributed by atoms with Crippen molar-refractivity contribution >= 4 is 17.9 Å². The minimum Gasteiger partial charge on any atom is -0.456 e. The van der Waals surface area contributed by atoms with Gasteiger partial charge in [0, 0.05) is 21.0 Å². The van der Waals surface area contributed by atoms with Gasteiger partial charge in [0.25, 0.3) is 0 Å². The third-order valence-corrected chi connectivity index (χ3v) is 8.40. The Morgan fingerprint density at radius 3 is 1.82 bits per heavy atom. The summed E-state index contributed by atoms with van der Waals surface area (Å²) in [6.45, 7) is 4.28. The summed E-state index contributed by atoms with van der Waals surface area (Å²) in [6, 6.07) is 27.0. The summed E-state index contributed by atoms with van der Waals surface area (Å²) in [5, 5.41) is 11.8. The SMILES string of the molecule is CO[C@H]1O[C@H](COCc2ccccc2)[C@@H](O)[C@H](O[C@@H]2O[C@@H](C)[C@@H](OC(C)=O)[C@@H](OC(C)=O)[C@@H]2OCc2ccccc2)[C@H]1OC(=O)c1ccccc1. The van der Waals surface area contributed by atoms with E-state index in [1.807, 2.05) is 60.7 Å². The number of aliphatic hydroxyl groups is 1. The second-order valence-corrected chi connectivity index (χ2v) is 12.2. The molecule has 0 saturated carbocycles. The average molecular weight is 709 g/mol. The molecule has 13 heteroatoms. The minimum atomic E-state index is -1.45. The van der Waals surface area contributed by atoms with Gasteiger partial charge in [0.15, 0.2) is 30.9 Å². The summed E-state index contributed by atoms with van der Waals surface area (Å²) in [7, 11) is 1.37. The van der Waals surface area contributed by atoms with Crippen LogP contribution in [0.2, 0.25) is 0 Å². The van der Waals surface area contributed by atoms with Crippen molar-refractivity contribution in [2.75, 3.05) is 13.7 Å². The van der Waals surface area contributed by atoms with E-state index >= 15 is 0 Å². The molecule has 0 bridgehead atoms. The number of ether oxygens (including phenoxy) is 9. The van der Waals surface area contributed by atoms with Gasteiger partial charge < -0.3 is 47.7 Å². The van der Waals surface area contributed by atoms with Crippen LogP contribution in [-0.2, 0) is 65.4 Å². The van der Waals surface area contributed by atoms with Gasteiger partial charge in [0.1, 0.15) is 24.4 Å². The highest BCUT2D eigenvalue weighted by Gasteiger charge is 2.55. The van der Waals surface area contributed by atoms with Crippen molar-refractivity contribution in [2.45, 2.75) is 95.4 Å². The van der Waals surface area contributed by atoms with Gasteiger partial charge in [0.2, 0.25) is 0 Å². The maximum atomic E-state index is 13.4. The Labute approximate surface area is 296 Å². The molecule has 10 atom stereocenters. The summed E-state index contributed by atoms with van der Waals surface area (Å²) >= 11 is 0. The molecule has 3 aromatic rings. The van der Waals surface area contributed by atoms with Crippen molar-refractivity contribution in [3.05, 3.63) is 108 Å². The van der Waals surface area contributed by atoms with Gasteiger partial charge in [-0.3, -0.25) is 9.59 Å². The van der Waals surface area contributed by atoms with Crippen LogP contribution in [0.5, 0.6) is 0 Å². The predicted molar refractivity (Wildman–Crippen MR) is 179 cm³/mol. The first kappa shape index (κ1) is 38.0. The molecular formula is C38H44O13. The van der Waals surface area contributed by atoms with E-state index in [1.54, 1.807) is 37.3 Å². The zero-order valence-corrected chi connectivity index (χ0v) is 28.9. The van der Waals surface area contributed by atoms with Gasteiger partial charge in [0.05, 0.1) is 31.5 Å². The third kappa shape index (κ3) is 10.2. The number of methoxy groups -OCH3 is 1. The smallest absolute Gasteiger partial charge is 0.338 e. The van der Waals surface area contributed by atoms with Crippen LogP contribution < -0.4 is 0 Å². The largest absolute Gasteiger partial charge is 0.456 e. The number of rotatable bonds is 14. The molecule has 2 heterocycles. The Bertz CT molecular complexity index is 1540. The quantitative estimate of drug-likeness (QED) is 0.191. The van der Waals surface area contributed by atoms with E-state index in [-0.39, 0.29) is 25.4 Å². The fourth-order valence-corrected chi connectivity index (χ4v) is 5.99. The lowest BCUT2D eigenvalue weighted by Gasteiger charge is -2.48. The van der Waals surface area contributed by atoms with Gasteiger partial charge >= 0.3 is 17.9 Å². The van der Waals surface area contributed by atoms with Gasteiger partial charge in [-0.25, -0.2) is 4.79 Å². The van der Waals surface area contributed by atoms with E-state index in [2.05, 4.69) is 0 Å². The molecule has 51 heavy (non-hydrogen) atoms. The van der Waals surface area contributed by atoms with E-state index in [0.29, 0.717) is 0 Å². The molecule has 3 aromatic carbocycles. The first-order valence-electron chi connectivity index (χ1n) is 16.7. The second kappa shape index (κ2) is 18.3. The molecular weight excluding hydrogens is 664 g/mol. The summed E-state index contributed by atoms with van der Waals surface area (Å²) in [5.74, 6) is -2.00. The number of carbonyl (C=O) groups is 3. The maximum absolute atomic E-state index is 13.4. The Kier molecular flexibility index (Phi) is 13.7. The molecule has 0 aromatic heterocycles. The first-order valence-corrected chi connectivity index (χ1v) is 16.7. The molecule has 2 fully saturated rings. The molecule has 2 aliphatic heterocycles. The number of hydrogen-bond donors (Lipinski definition) is 1. The second-order valence-electron chi connectivity index (χ2n) is 12.2. The number of carbonyl (C=O) groups excluding carboxylic acids is 3. The summed E-state index contributed by atoms with van der Waals surface area (Å²) in [4.78, 5) is 37.9. The number of hydrogen-bond acceptors (Lipinski definition) is 13. The van der Waals surface area contributed by atoms with E-state index in [0.717, 1.165) is 11.1 Å². The van der Waals surface area contributed by atoms with E-state index in [9.17, 15) is 19.5 Å². The Balaban J connectivity index is 1.46. The zero-order chi connectivity index (χ0) is 36.3. The molecule has 0 radical (unpaired) electrons. The molecule has 0 unspecified atom stereocenters. The summed E-state index contributed by atoms with van der Waals surface area (Å²) in [6.07, 6.45) is -12.0. The molecule has 1 N–H and O–H groups in total. The van der Waals surface area contributed by atoms with Crippen LogP contribution in [0.3, 0.4) is 0 Å². The summed E-state index contributed by atoms with van der Waals surface area (Å²) in [5.41, 5.74) is 1.95. The maximum Gasteiger partial charge on any atom is 0.338 e. The fraction of sp³-hybridized carbons (Fsp3) is 0.447. The van der Waals surface area contributed by atoms with Crippen molar-refractivity contribution in [1.29, 1.82) is 0 Å². The van der Waals surface area contributed by atoms with E-state index in [4.69, 9.17) is 42.6 Å². The molecule has 0 amide bonds. The van der Waals surface area contributed by atoms with Crippen LogP contribution in [0.25, 0.3) is 0 Å². The van der Waals surface area contributed by atoms with Crippen LogP contribution in [0, 0.1) is 0 Å². The minimum absolute atomic E-state index is 0.0348. The van der Waals surface area contributed by atoms with Gasteiger partial charge in [-0.15, -0.1) is 0 Å². The third-order valence-electron chi connectivity index (χ3n) is 8.40. The molecule has 13 nitrogen and oxygen atoms in total. The molecule has 274 valence electrons. The highest BCUT2D eigenvalue weighted by molar-refractivity contribution is 5.89. The van der Waals surface area contributed by atoms with Crippen LogP contribution in [0.4, 0.5) is 0 Å². The molecule has 2 saturated heterocycles. The average Bonchev–Trinajstić information content (AvgIpc) is 3.12. The number of aliphatic hydroxyl groups excluding tert-OH is 1. The molecule has 2 aliphatic rings. The van der Waals surface area contributed by atoms with Crippen LogP contribution in [0.15, 0.2) is 91.0 Å². The van der Waals surface area contributed by atoms with Crippen molar-refractivity contribution in [2.24, 2.45) is 0 Å². The monoisotopic (exact) mass is 708 g/mol. The van der Waals surface area contributed by atoms with Crippen molar-refractivity contribution in [3.63, 3.8) is 0 Å². The normalized spacial score (nSPS) is 29.1. The lowest BCUT2D eigenvalue weighted by atomic mass is 9.96. The number of esters is 3. The van der Waals surface area contributed by atoms with Gasteiger partial charge in [-0.2, -0.15) is 0 Å². The Hall–Kier alpha value is -4.21. The van der Waals surface area contributed by atoms with Gasteiger partial charge in [-0.05, 0) is 30.2 Å². The Morgan fingerprint density at radius 2 is 1.24 bits per heavy atom. The van der Waals surface area contributed by atoms with Crippen LogP contribution in [0.1, 0.15) is 42.3 Å². The van der Waals surface area contributed by atoms with E-state index < -0.39 is 79.3 Å². The van der Waals surface area contributed by atoms with Gasteiger partial charge in [-0.1, -0.05) is 78.9 Å². The fourth-order valence-electron chi connectivity index (χ4n) is 5.99. The molecule has 0 aliphatic carbocycles. The Morgan fingerprint density at radius 1 is 0.667 bits per heavy atom. The predicted octanol–water partition coefficient (Wildman–Crippen LogP) is 3.74. The van der Waals surface area contributed by atoms with Crippen LogP contribution >= 0.6 is 0 Å². The van der Waals surface area contributed by atoms with Crippen LogP contribution in [-0.4, -0.2) is 98.1 Å². The molecule has 0 spiro atoms. The van der Waals surface area contributed by atoms with E-state index in [1.165, 1.54) is 21.0 Å². The standard InChI is InChI=1S/C38H44O13/c1-23-31(47-24(2)39)33(48-25(3)40)34(45-21-27-16-10-6-11-17-27)38(46-23)51-32-30(41)29(22-44-20-26-14-8-5-9-15-26)49-37(43-4)35(32)50-36(42)28-18-12-7-13-19-28/h5-19,23,29-35,37-38,41H,20-22H2,1-4H3/t23-,29+,30+,31+,32-,33+,34-,35+,37-,38-/m0/s1. The highest BCUT2D eigenvalue weighted by atomic mass is 16.8. The topological polar surface area (TPSA) is 155 Å². The highest BCUT2D eigenvalue weighted by Crippen LogP contribution is 2.35. The van der Waals surface area contributed by atoms with Crippen molar-refractivity contribution in [1.82, 2.24) is 0 Å². The first-order chi connectivity index (χ1) is 24.6. The lowest BCUT2D eigenvalue weighted by Crippen LogP contribution is -2.66. The van der Waals surface area contributed by atoms with Crippen molar-refractivity contribution < 1.29 is 62.1 Å². The molecule has 5 rings (SSSR count). The number of benzene rings is 3. The van der Waals surface area contributed by atoms with Crippen molar-refractivity contribution in [3.8, 4) is 0 Å².